The van der Waals surface area contributed by atoms with Crippen LogP contribution in [0.25, 0.3) is 0 Å². The number of ether oxygens (including phenoxy) is 1. The van der Waals surface area contributed by atoms with Gasteiger partial charge in [-0.1, -0.05) is 12.1 Å². The van der Waals surface area contributed by atoms with Crippen LogP contribution < -0.4 is 5.32 Å². The largest absolute Gasteiger partial charge is 0.379 e. The summed E-state index contributed by atoms with van der Waals surface area (Å²) < 4.78 is 5.70. The second-order valence-electron chi connectivity index (χ2n) is 7.01. The number of benzene rings is 1. The van der Waals surface area contributed by atoms with Gasteiger partial charge >= 0.3 is 0 Å². The first-order valence-corrected chi connectivity index (χ1v) is 9.96. The highest BCUT2D eigenvalue weighted by Gasteiger charge is 2.21. The number of likely N-dealkylation sites (N-methyl/N-ethyl adjacent to an activating group) is 1. The summed E-state index contributed by atoms with van der Waals surface area (Å²) in [5, 5.41) is 3.37. The van der Waals surface area contributed by atoms with Gasteiger partial charge in [0.2, 0.25) is 0 Å². The van der Waals surface area contributed by atoms with Crippen molar-refractivity contribution in [2.24, 2.45) is 10.9 Å². The third kappa shape index (κ3) is 7.95. The molecule has 158 valence electrons. The first kappa shape index (κ1) is 24.7. The van der Waals surface area contributed by atoms with Crippen LogP contribution in [0.4, 0.5) is 0 Å². The number of hydrogen-bond donors (Lipinski definition) is 1. The van der Waals surface area contributed by atoms with E-state index in [9.17, 15) is 4.79 Å². The highest BCUT2D eigenvalue weighted by Crippen LogP contribution is 2.28. The third-order valence-electron chi connectivity index (χ3n) is 4.90. The molecule has 1 aliphatic carbocycles. The van der Waals surface area contributed by atoms with Crippen LogP contribution in [0.2, 0.25) is 0 Å². The van der Waals surface area contributed by atoms with Gasteiger partial charge in [0, 0.05) is 52.4 Å². The van der Waals surface area contributed by atoms with Gasteiger partial charge < -0.3 is 19.9 Å². The normalized spacial score (nSPS) is 13.6. The maximum Gasteiger partial charge on any atom is 0.253 e. The first-order valence-electron chi connectivity index (χ1n) is 9.96. The van der Waals surface area contributed by atoms with Gasteiger partial charge in [0.05, 0.1) is 6.61 Å². The van der Waals surface area contributed by atoms with E-state index in [0.29, 0.717) is 6.54 Å². The van der Waals surface area contributed by atoms with Gasteiger partial charge in [0.15, 0.2) is 5.96 Å². The van der Waals surface area contributed by atoms with E-state index < -0.39 is 0 Å². The summed E-state index contributed by atoms with van der Waals surface area (Å²) in [4.78, 5) is 20.6. The quantitative estimate of drug-likeness (QED) is 0.231. The number of nitrogens with zero attached hydrogens (tertiary/aromatic N) is 3. The number of nitrogens with one attached hydrogen (secondary N) is 1. The molecule has 28 heavy (non-hydrogen) atoms. The molecule has 0 bridgehead atoms. The van der Waals surface area contributed by atoms with E-state index in [1.807, 2.05) is 50.1 Å². The van der Waals surface area contributed by atoms with Crippen molar-refractivity contribution in [2.75, 3.05) is 46.9 Å². The lowest BCUT2D eigenvalue weighted by atomic mass is 10.1. The number of carbonyl (C=O) groups is 1. The summed E-state index contributed by atoms with van der Waals surface area (Å²) in [5.74, 6) is 1.72. The predicted molar refractivity (Wildman–Crippen MR) is 125 cm³/mol. The molecule has 7 heteroatoms. The van der Waals surface area contributed by atoms with E-state index in [1.54, 1.807) is 7.05 Å². The number of amides is 1. The average molecular weight is 502 g/mol. The number of carbonyl (C=O) groups excluding carboxylic acids is 1. The number of halogens is 1. The highest BCUT2D eigenvalue weighted by atomic mass is 127. The number of rotatable bonds is 10. The molecule has 1 aliphatic rings. The van der Waals surface area contributed by atoms with Crippen molar-refractivity contribution in [2.45, 2.75) is 33.2 Å². The lowest BCUT2D eigenvalue weighted by molar-refractivity contribution is 0.0773. The van der Waals surface area contributed by atoms with E-state index in [2.05, 4.69) is 15.2 Å². The van der Waals surface area contributed by atoms with E-state index >= 15 is 0 Å². The van der Waals surface area contributed by atoms with Crippen molar-refractivity contribution < 1.29 is 9.53 Å². The molecule has 0 unspecified atom stereocenters. The topological polar surface area (TPSA) is 57.2 Å². The maximum atomic E-state index is 12.4. The molecular formula is C21H35IN4O2. The van der Waals surface area contributed by atoms with E-state index in [0.717, 1.165) is 55.9 Å². The fraction of sp³-hybridized carbons (Fsp3) is 0.619. The lowest BCUT2D eigenvalue weighted by Crippen LogP contribution is -2.40. The molecule has 1 aromatic rings. The van der Waals surface area contributed by atoms with Crippen molar-refractivity contribution in [3.8, 4) is 0 Å². The first-order chi connectivity index (χ1) is 13.1. The molecular weight excluding hydrogens is 467 g/mol. The SMILES string of the molecule is CCN(CC)C(=O)c1ccc(CNC(=NC)N(C)CCOCC2CC2)cc1.I. The van der Waals surface area contributed by atoms with Crippen LogP contribution in [-0.2, 0) is 11.3 Å². The molecule has 1 aromatic carbocycles. The number of hydrogen-bond acceptors (Lipinski definition) is 3. The van der Waals surface area contributed by atoms with Crippen LogP contribution in [-0.4, -0.2) is 68.6 Å². The Kier molecular flexibility index (Phi) is 11.4. The number of guanidine groups is 1. The van der Waals surface area contributed by atoms with Crippen molar-refractivity contribution in [1.82, 2.24) is 15.1 Å². The van der Waals surface area contributed by atoms with Gasteiger partial charge in [0.1, 0.15) is 0 Å². The zero-order valence-electron chi connectivity index (χ0n) is 17.6. The van der Waals surface area contributed by atoms with Crippen LogP contribution in [0.3, 0.4) is 0 Å². The van der Waals surface area contributed by atoms with Crippen molar-refractivity contribution in [3.05, 3.63) is 35.4 Å². The van der Waals surface area contributed by atoms with Crippen molar-refractivity contribution in [3.63, 3.8) is 0 Å². The Hall–Kier alpha value is -1.35. The summed E-state index contributed by atoms with van der Waals surface area (Å²) in [6.07, 6.45) is 2.64. The summed E-state index contributed by atoms with van der Waals surface area (Å²) in [7, 11) is 3.80. The zero-order valence-corrected chi connectivity index (χ0v) is 19.9. The van der Waals surface area contributed by atoms with Crippen LogP contribution in [0.5, 0.6) is 0 Å². The number of aliphatic imine (C=N–C) groups is 1. The van der Waals surface area contributed by atoms with Gasteiger partial charge in [-0.15, -0.1) is 24.0 Å². The molecule has 0 aliphatic heterocycles. The average Bonchev–Trinajstić information content (AvgIpc) is 3.51. The second-order valence-corrected chi connectivity index (χ2v) is 7.01. The minimum atomic E-state index is 0. The minimum absolute atomic E-state index is 0. The smallest absolute Gasteiger partial charge is 0.253 e. The Morgan fingerprint density at radius 1 is 1.21 bits per heavy atom. The van der Waals surface area contributed by atoms with Crippen LogP contribution in [0.1, 0.15) is 42.6 Å². The molecule has 1 N–H and O–H groups in total. The van der Waals surface area contributed by atoms with E-state index in [1.165, 1.54) is 12.8 Å². The Morgan fingerprint density at radius 2 is 1.86 bits per heavy atom. The molecule has 1 saturated carbocycles. The van der Waals surface area contributed by atoms with Gasteiger partial charge in [-0.05, 0) is 50.3 Å². The molecule has 0 saturated heterocycles. The highest BCUT2D eigenvalue weighted by molar-refractivity contribution is 14.0. The summed E-state index contributed by atoms with van der Waals surface area (Å²) >= 11 is 0. The third-order valence-corrected chi connectivity index (χ3v) is 4.90. The van der Waals surface area contributed by atoms with Crippen LogP contribution >= 0.6 is 24.0 Å². The Balaban J connectivity index is 0.00000392. The maximum absolute atomic E-state index is 12.4. The monoisotopic (exact) mass is 502 g/mol. The Labute approximate surface area is 186 Å². The molecule has 0 spiro atoms. The predicted octanol–water partition coefficient (Wildman–Crippen LogP) is 3.22. The molecule has 0 atom stereocenters. The fourth-order valence-electron chi connectivity index (χ4n) is 2.87. The molecule has 1 amide bonds. The van der Waals surface area contributed by atoms with Crippen molar-refractivity contribution >= 4 is 35.8 Å². The standard InChI is InChI=1S/C21H34N4O2.HI/c1-5-25(6-2)20(26)19-11-9-17(10-12-19)15-23-21(22-3)24(4)13-14-27-16-18-7-8-18;/h9-12,18H,5-8,13-16H2,1-4H3,(H,22,23);1H. The minimum Gasteiger partial charge on any atom is -0.379 e. The Bertz CT molecular complexity index is 613. The molecule has 1 fully saturated rings. The van der Waals surface area contributed by atoms with Gasteiger partial charge in [0.25, 0.3) is 5.91 Å². The summed E-state index contributed by atoms with van der Waals surface area (Å²) in [5.41, 5.74) is 1.85. The van der Waals surface area contributed by atoms with Crippen molar-refractivity contribution in [1.29, 1.82) is 0 Å². The molecule has 0 heterocycles. The van der Waals surface area contributed by atoms with E-state index in [4.69, 9.17) is 4.74 Å². The molecule has 6 nitrogen and oxygen atoms in total. The van der Waals surface area contributed by atoms with Gasteiger partial charge in [-0.25, -0.2) is 0 Å². The van der Waals surface area contributed by atoms with Gasteiger partial charge in [-0.2, -0.15) is 0 Å². The zero-order chi connectivity index (χ0) is 19.6. The van der Waals surface area contributed by atoms with Crippen LogP contribution in [0, 0.1) is 5.92 Å². The summed E-state index contributed by atoms with van der Waals surface area (Å²) in [6.45, 7) is 8.53. The lowest BCUT2D eigenvalue weighted by Gasteiger charge is -2.22. The molecule has 0 aromatic heterocycles. The van der Waals surface area contributed by atoms with E-state index in [-0.39, 0.29) is 29.9 Å². The second kappa shape index (κ2) is 13.0. The molecule has 0 radical (unpaired) electrons. The van der Waals surface area contributed by atoms with Gasteiger partial charge in [-0.3, -0.25) is 9.79 Å². The fourth-order valence-corrected chi connectivity index (χ4v) is 2.87. The van der Waals surface area contributed by atoms with Crippen LogP contribution in [0.15, 0.2) is 29.3 Å². The summed E-state index contributed by atoms with van der Waals surface area (Å²) in [6, 6.07) is 7.79. The molecule has 2 rings (SSSR count). The Morgan fingerprint density at radius 3 is 2.39 bits per heavy atom.